The zero-order chi connectivity index (χ0) is 7.73. The molecule has 0 unspecified atom stereocenters. The fourth-order valence-corrected chi connectivity index (χ4v) is 1.91. The first kappa shape index (κ1) is 7.53. The van der Waals surface area contributed by atoms with Crippen molar-refractivity contribution in [3.8, 4) is 0 Å². The van der Waals surface area contributed by atoms with Gasteiger partial charge in [-0.1, -0.05) is 0 Å². The Labute approximate surface area is 66.8 Å². The lowest BCUT2D eigenvalue weighted by molar-refractivity contribution is -0.160. The van der Waals surface area contributed by atoms with Crippen LogP contribution >= 0.6 is 0 Å². The molecule has 1 heterocycles. The van der Waals surface area contributed by atoms with Crippen molar-refractivity contribution in [1.82, 2.24) is 0 Å². The summed E-state index contributed by atoms with van der Waals surface area (Å²) in [7, 11) is 0. The first-order valence-electron chi connectivity index (χ1n) is 4.36. The molecule has 0 radical (unpaired) electrons. The van der Waals surface area contributed by atoms with Gasteiger partial charge in [-0.15, -0.1) is 0 Å². The second-order valence-corrected chi connectivity index (χ2v) is 3.40. The van der Waals surface area contributed by atoms with Crippen LogP contribution in [0.5, 0.6) is 0 Å². The minimum absolute atomic E-state index is 0.146. The number of nitrogens with two attached hydrogens (primary N) is 1. The summed E-state index contributed by atoms with van der Waals surface area (Å²) >= 11 is 0. The predicted octanol–water partition coefficient (Wildman–Crippen LogP) is 0.631. The maximum atomic E-state index is 5.71. The van der Waals surface area contributed by atoms with E-state index < -0.39 is 0 Å². The summed E-state index contributed by atoms with van der Waals surface area (Å²) in [5.74, 6) is -0.218. The van der Waals surface area contributed by atoms with Crippen LogP contribution in [-0.2, 0) is 9.47 Å². The molecule has 1 aliphatic carbocycles. The Balaban J connectivity index is 1.96. The molecule has 2 N–H and O–H groups in total. The van der Waals surface area contributed by atoms with Crippen molar-refractivity contribution in [3.63, 3.8) is 0 Å². The second-order valence-electron chi connectivity index (χ2n) is 3.40. The quantitative estimate of drug-likeness (QED) is 0.607. The lowest BCUT2D eigenvalue weighted by Gasteiger charge is -2.21. The molecular formula is C8H15NO2. The van der Waals surface area contributed by atoms with Crippen molar-refractivity contribution in [1.29, 1.82) is 0 Å². The van der Waals surface area contributed by atoms with E-state index in [4.69, 9.17) is 15.2 Å². The molecule has 2 aliphatic rings. The molecule has 1 saturated carbocycles. The van der Waals surface area contributed by atoms with Crippen molar-refractivity contribution in [3.05, 3.63) is 0 Å². The largest absolute Gasteiger partial charge is 0.347 e. The summed E-state index contributed by atoms with van der Waals surface area (Å²) in [6.07, 6.45) is 4.73. The molecule has 1 atom stereocenters. The lowest BCUT2D eigenvalue weighted by atomic mass is 10.2. The standard InChI is InChI=1S/C8H15NO2/c9-5-7-6-10-8(11-7)3-1-2-4-8/h7H,1-6,9H2/t7-/m0/s1. The zero-order valence-corrected chi connectivity index (χ0v) is 6.71. The number of ether oxygens (including phenoxy) is 2. The van der Waals surface area contributed by atoms with E-state index in [2.05, 4.69) is 0 Å². The predicted molar refractivity (Wildman–Crippen MR) is 41.1 cm³/mol. The molecule has 3 heteroatoms. The maximum Gasteiger partial charge on any atom is 0.168 e. The number of hydrogen-bond donors (Lipinski definition) is 1. The topological polar surface area (TPSA) is 44.5 Å². The van der Waals surface area contributed by atoms with Crippen LogP contribution in [0.15, 0.2) is 0 Å². The van der Waals surface area contributed by atoms with Crippen LogP contribution in [0, 0.1) is 0 Å². The summed E-state index contributed by atoms with van der Waals surface area (Å²) in [6, 6.07) is 0. The highest BCUT2D eigenvalue weighted by atomic mass is 16.7. The van der Waals surface area contributed by atoms with E-state index >= 15 is 0 Å². The van der Waals surface area contributed by atoms with E-state index in [1.165, 1.54) is 12.8 Å². The highest BCUT2D eigenvalue weighted by Crippen LogP contribution is 2.38. The lowest BCUT2D eigenvalue weighted by Crippen LogP contribution is -2.29. The van der Waals surface area contributed by atoms with Crippen molar-refractivity contribution in [2.24, 2.45) is 5.73 Å². The highest BCUT2D eigenvalue weighted by Gasteiger charge is 2.42. The van der Waals surface area contributed by atoms with Gasteiger partial charge in [0.05, 0.1) is 12.7 Å². The van der Waals surface area contributed by atoms with Gasteiger partial charge in [-0.3, -0.25) is 0 Å². The fourth-order valence-electron chi connectivity index (χ4n) is 1.91. The van der Waals surface area contributed by atoms with Gasteiger partial charge in [-0.05, 0) is 12.8 Å². The smallest absolute Gasteiger partial charge is 0.168 e. The van der Waals surface area contributed by atoms with Crippen LogP contribution < -0.4 is 5.73 Å². The van der Waals surface area contributed by atoms with Gasteiger partial charge in [0, 0.05) is 19.4 Å². The minimum atomic E-state index is -0.218. The molecule has 64 valence electrons. The van der Waals surface area contributed by atoms with Crippen LogP contribution in [0.25, 0.3) is 0 Å². The van der Waals surface area contributed by atoms with Crippen LogP contribution in [0.4, 0.5) is 0 Å². The third kappa shape index (κ3) is 1.28. The Hall–Kier alpha value is -0.120. The Morgan fingerprint density at radius 1 is 1.36 bits per heavy atom. The van der Waals surface area contributed by atoms with E-state index in [0.29, 0.717) is 13.2 Å². The van der Waals surface area contributed by atoms with E-state index in [0.717, 1.165) is 12.8 Å². The number of hydrogen-bond acceptors (Lipinski definition) is 3. The third-order valence-corrected chi connectivity index (χ3v) is 2.54. The van der Waals surface area contributed by atoms with Gasteiger partial charge in [0.15, 0.2) is 5.79 Å². The van der Waals surface area contributed by atoms with E-state index in [9.17, 15) is 0 Å². The van der Waals surface area contributed by atoms with Crippen molar-refractivity contribution < 1.29 is 9.47 Å². The maximum absolute atomic E-state index is 5.71. The van der Waals surface area contributed by atoms with Gasteiger partial charge in [-0.2, -0.15) is 0 Å². The molecule has 2 rings (SSSR count). The molecule has 2 fully saturated rings. The summed E-state index contributed by atoms with van der Waals surface area (Å²) in [6.45, 7) is 1.28. The summed E-state index contributed by atoms with van der Waals surface area (Å²) in [4.78, 5) is 0. The summed E-state index contributed by atoms with van der Waals surface area (Å²) < 4.78 is 11.3. The Morgan fingerprint density at radius 2 is 2.09 bits per heavy atom. The molecule has 0 amide bonds. The van der Waals surface area contributed by atoms with Crippen LogP contribution in [-0.4, -0.2) is 25.0 Å². The normalized spacial score (nSPS) is 35.2. The molecule has 3 nitrogen and oxygen atoms in total. The van der Waals surface area contributed by atoms with Gasteiger partial charge >= 0.3 is 0 Å². The molecule has 11 heavy (non-hydrogen) atoms. The Bertz CT molecular complexity index is 143. The SMILES string of the molecule is NC[C@H]1COC2(CCCC2)O1. The summed E-state index contributed by atoms with van der Waals surface area (Å²) in [5.41, 5.74) is 5.48. The first-order chi connectivity index (χ1) is 5.35. The van der Waals surface area contributed by atoms with Crippen molar-refractivity contribution in [2.45, 2.75) is 37.6 Å². The Kier molecular flexibility index (Phi) is 1.87. The summed E-state index contributed by atoms with van der Waals surface area (Å²) in [5, 5.41) is 0. The average Bonchev–Trinajstić information content (AvgIpc) is 2.62. The van der Waals surface area contributed by atoms with Crippen LogP contribution in [0.2, 0.25) is 0 Å². The zero-order valence-electron chi connectivity index (χ0n) is 6.71. The van der Waals surface area contributed by atoms with Crippen LogP contribution in [0.1, 0.15) is 25.7 Å². The van der Waals surface area contributed by atoms with Crippen LogP contribution in [0.3, 0.4) is 0 Å². The molecule has 1 spiro atoms. The molecule has 0 bridgehead atoms. The average molecular weight is 157 g/mol. The van der Waals surface area contributed by atoms with Gasteiger partial charge in [-0.25, -0.2) is 0 Å². The fraction of sp³-hybridized carbons (Fsp3) is 1.00. The third-order valence-electron chi connectivity index (χ3n) is 2.54. The Morgan fingerprint density at radius 3 is 2.64 bits per heavy atom. The van der Waals surface area contributed by atoms with E-state index in [-0.39, 0.29) is 11.9 Å². The van der Waals surface area contributed by atoms with E-state index in [1.807, 2.05) is 0 Å². The molecular weight excluding hydrogens is 142 g/mol. The van der Waals surface area contributed by atoms with Crippen molar-refractivity contribution in [2.75, 3.05) is 13.2 Å². The molecule has 0 aromatic rings. The monoisotopic (exact) mass is 157 g/mol. The van der Waals surface area contributed by atoms with Gasteiger partial charge in [0.2, 0.25) is 0 Å². The molecule has 0 aromatic heterocycles. The van der Waals surface area contributed by atoms with Gasteiger partial charge < -0.3 is 15.2 Å². The molecule has 1 saturated heterocycles. The van der Waals surface area contributed by atoms with Crippen molar-refractivity contribution >= 4 is 0 Å². The van der Waals surface area contributed by atoms with Gasteiger partial charge in [0.1, 0.15) is 0 Å². The van der Waals surface area contributed by atoms with Gasteiger partial charge in [0.25, 0.3) is 0 Å². The minimum Gasteiger partial charge on any atom is -0.347 e. The molecule has 0 aromatic carbocycles. The first-order valence-corrected chi connectivity index (χ1v) is 4.36. The second kappa shape index (κ2) is 2.73. The van der Waals surface area contributed by atoms with E-state index in [1.54, 1.807) is 0 Å². The highest BCUT2D eigenvalue weighted by molar-refractivity contribution is 4.83. The molecule has 1 aliphatic heterocycles. The number of rotatable bonds is 1.